The summed E-state index contributed by atoms with van der Waals surface area (Å²) in [5, 5.41) is 0.951. The van der Waals surface area contributed by atoms with Gasteiger partial charge in [-0.05, 0) is 30.7 Å². The number of rotatable bonds is 2. The van der Waals surface area contributed by atoms with Gasteiger partial charge in [-0.25, -0.2) is 4.98 Å². The number of aromatic nitrogens is 2. The maximum atomic E-state index is 12.7. The van der Waals surface area contributed by atoms with Crippen LogP contribution >= 0.6 is 24.8 Å². The first-order chi connectivity index (χ1) is 6.31. The van der Waals surface area contributed by atoms with Gasteiger partial charge in [0.1, 0.15) is 5.65 Å². The molecular formula is C9H12Cl2FN3. The highest BCUT2D eigenvalue weighted by Gasteiger charge is 2.04. The molecule has 84 valence electrons. The van der Waals surface area contributed by atoms with E-state index in [9.17, 15) is 4.39 Å². The first-order valence-electron chi connectivity index (χ1n) is 4.14. The summed E-state index contributed by atoms with van der Waals surface area (Å²) >= 11 is 0. The Kier molecular flexibility index (Phi) is 5.57. The van der Waals surface area contributed by atoms with E-state index in [0.29, 0.717) is 12.2 Å². The normalized spacial score (nSPS) is 9.47. The van der Waals surface area contributed by atoms with Crippen LogP contribution in [0, 0.1) is 5.95 Å². The van der Waals surface area contributed by atoms with E-state index in [2.05, 4.69) is 9.97 Å². The molecule has 0 aromatic carbocycles. The number of nitrogens with one attached hydrogen (secondary N) is 1. The fraction of sp³-hybridized carbons (Fsp3) is 0.222. The fourth-order valence-electron chi connectivity index (χ4n) is 1.40. The molecule has 0 spiro atoms. The minimum Gasteiger partial charge on any atom is -0.346 e. The minimum absolute atomic E-state index is 0. The zero-order valence-electron chi connectivity index (χ0n) is 7.87. The zero-order valence-corrected chi connectivity index (χ0v) is 9.50. The Morgan fingerprint density at radius 1 is 1.33 bits per heavy atom. The predicted octanol–water partition coefficient (Wildman–Crippen LogP) is 2.05. The van der Waals surface area contributed by atoms with Gasteiger partial charge >= 0.3 is 0 Å². The standard InChI is InChI=1S/C9H10FN3.2ClH/c10-8-2-1-7-6(3-4-11)5-12-9(7)13-8;;/h1-2,5H,3-4,11H2,(H,12,13);2*1H. The highest BCUT2D eigenvalue weighted by atomic mass is 35.5. The van der Waals surface area contributed by atoms with E-state index in [1.807, 2.05) is 6.20 Å². The Balaban J connectivity index is 0.000000980. The molecule has 0 atom stereocenters. The number of hydrogen-bond donors (Lipinski definition) is 2. The van der Waals surface area contributed by atoms with Crippen LogP contribution in [0.1, 0.15) is 5.56 Å². The van der Waals surface area contributed by atoms with Gasteiger partial charge in [-0.3, -0.25) is 0 Å². The number of aromatic amines is 1. The molecule has 2 aromatic rings. The van der Waals surface area contributed by atoms with Gasteiger partial charge in [-0.2, -0.15) is 4.39 Å². The third-order valence-electron chi connectivity index (χ3n) is 2.00. The van der Waals surface area contributed by atoms with E-state index in [1.54, 1.807) is 6.07 Å². The summed E-state index contributed by atoms with van der Waals surface area (Å²) in [6.45, 7) is 0.588. The maximum Gasteiger partial charge on any atom is 0.214 e. The summed E-state index contributed by atoms with van der Waals surface area (Å²) in [6.07, 6.45) is 2.61. The number of nitrogens with zero attached hydrogens (tertiary/aromatic N) is 1. The van der Waals surface area contributed by atoms with Gasteiger partial charge in [0.15, 0.2) is 0 Å². The molecule has 3 nitrogen and oxygen atoms in total. The van der Waals surface area contributed by atoms with Crippen LogP contribution in [-0.2, 0) is 6.42 Å². The van der Waals surface area contributed by atoms with E-state index < -0.39 is 5.95 Å². The molecule has 2 rings (SSSR count). The molecule has 0 saturated heterocycles. The number of halogens is 3. The van der Waals surface area contributed by atoms with Crippen molar-refractivity contribution in [2.45, 2.75) is 6.42 Å². The molecule has 0 fully saturated rings. The highest BCUT2D eigenvalue weighted by molar-refractivity contribution is 5.85. The molecule has 2 aromatic heterocycles. The second-order valence-electron chi connectivity index (χ2n) is 2.88. The third kappa shape index (κ3) is 2.81. The largest absolute Gasteiger partial charge is 0.346 e. The Hall–Kier alpha value is -0.840. The maximum absolute atomic E-state index is 12.7. The number of hydrogen-bond acceptors (Lipinski definition) is 2. The number of pyridine rings is 1. The van der Waals surface area contributed by atoms with Crippen LogP contribution in [0.15, 0.2) is 18.3 Å². The lowest BCUT2D eigenvalue weighted by Gasteiger charge is -1.94. The van der Waals surface area contributed by atoms with Crippen LogP contribution in [0.25, 0.3) is 11.0 Å². The van der Waals surface area contributed by atoms with Crippen molar-refractivity contribution in [3.8, 4) is 0 Å². The van der Waals surface area contributed by atoms with Crippen molar-refractivity contribution < 1.29 is 4.39 Å². The lowest BCUT2D eigenvalue weighted by atomic mass is 10.1. The van der Waals surface area contributed by atoms with Crippen molar-refractivity contribution in [2.24, 2.45) is 5.73 Å². The molecule has 0 radical (unpaired) electrons. The first kappa shape index (κ1) is 14.2. The van der Waals surface area contributed by atoms with Gasteiger partial charge in [-0.1, -0.05) is 0 Å². The fourth-order valence-corrected chi connectivity index (χ4v) is 1.40. The molecule has 15 heavy (non-hydrogen) atoms. The smallest absolute Gasteiger partial charge is 0.214 e. The van der Waals surface area contributed by atoms with Gasteiger partial charge in [0.2, 0.25) is 5.95 Å². The summed E-state index contributed by atoms with van der Waals surface area (Å²) in [7, 11) is 0. The predicted molar refractivity (Wildman–Crippen MR) is 63.3 cm³/mol. The number of nitrogens with two attached hydrogens (primary N) is 1. The van der Waals surface area contributed by atoms with Crippen LogP contribution in [-0.4, -0.2) is 16.5 Å². The zero-order chi connectivity index (χ0) is 9.26. The number of fused-ring (bicyclic) bond motifs is 1. The molecule has 0 unspecified atom stereocenters. The van der Waals surface area contributed by atoms with Crippen molar-refractivity contribution in [1.82, 2.24) is 9.97 Å². The Morgan fingerprint density at radius 3 is 2.73 bits per heavy atom. The van der Waals surface area contributed by atoms with Crippen LogP contribution < -0.4 is 5.73 Å². The lowest BCUT2D eigenvalue weighted by molar-refractivity contribution is 0.588. The third-order valence-corrected chi connectivity index (χ3v) is 2.00. The molecule has 0 amide bonds. The van der Waals surface area contributed by atoms with E-state index in [0.717, 1.165) is 17.4 Å². The van der Waals surface area contributed by atoms with Crippen LogP contribution in [0.3, 0.4) is 0 Å². The quantitative estimate of drug-likeness (QED) is 0.803. The second-order valence-corrected chi connectivity index (χ2v) is 2.88. The molecular weight excluding hydrogens is 240 g/mol. The molecule has 0 aliphatic rings. The molecule has 2 heterocycles. The summed E-state index contributed by atoms with van der Waals surface area (Å²) in [6, 6.07) is 3.08. The van der Waals surface area contributed by atoms with Crippen LogP contribution in [0.5, 0.6) is 0 Å². The van der Waals surface area contributed by atoms with E-state index in [4.69, 9.17) is 5.73 Å². The molecule has 0 aliphatic heterocycles. The Bertz CT molecular complexity index is 430. The van der Waals surface area contributed by atoms with Gasteiger partial charge in [0, 0.05) is 11.6 Å². The molecule has 3 N–H and O–H groups in total. The Morgan fingerprint density at radius 2 is 2.07 bits per heavy atom. The topological polar surface area (TPSA) is 54.7 Å². The van der Waals surface area contributed by atoms with E-state index >= 15 is 0 Å². The lowest BCUT2D eigenvalue weighted by Crippen LogP contribution is -2.01. The molecule has 0 saturated carbocycles. The summed E-state index contributed by atoms with van der Waals surface area (Å²) in [4.78, 5) is 6.62. The summed E-state index contributed by atoms with van der Waals surface area (Å²) in [5.41, 5.74) is 7.11. The number of H-pyrrole nitrogens is 1. The molecule has 6 heteroatoms. The second kappa shape index (κ2) is 5.90. The minimum atomic E-state index is -0.464. The van der Waals surface area contributed by atoms with Gasteiger partial charge < -0.3 is 10.7 Å². The average Bonchev–Trinajstić information content (AvgIpc) is 2.49. The van der Waals surface area contributed by atoms with Gasteiger partial charge in [-0.15, -0.1) is 24.8 Å². The van der Waals surface area contributed by atoms with Gasteiger partial charge in [0.25, 0.3) is 0 Å². The van der Waals surface area contributed by atoms with Crippen LogP contribution in [0.4, 0.5) is 4.39 Å². The van der Waals surface area contributed by atoms with Crippen molar-refractivity contribution in [2.75, 3.05) is 6.54 Å². The van der Waals surface area contributed by atoms with Gasteiger partial charge in [0.05, 0.1) is 0 Å². The SMILES string of the molecule is Cl.Cl.NCCc1c[nH]c2nc(F)ccc12. The van der Waals surface area contributed by atoms with Crippen molar-refractivity contribution in [3.63, 3.8) is 0 Å². The van der Waals surface area contributed by atoms with Crippen molar-refractivity contribution >= 4 is 35.8 Å². The molecule has 0 bridgehead atoms. The van der Waals surface area contributed by atoms with Crippen molar-refractivity contribution in [1.29, 1.82) is 0 Å². The Labute approximate surface area is 99.1 Å². The van der Waals surface area contributed by atoms with Crippen molar-refractivity contribution in [3.05, 3.63) is 29.8 Å². The van der Waals surface area contributed by atoms with Crippen LogP contribution in [0.2, 0.25) is 0 Å². The highest BCUT2D eigenvalue weighted by Crippen LogP contribution is 2.16. The molecule has 0 aliphatic carbocycles. The average molecular weight is 252 g/mol. The summed E-state index contributed by atoms with van der Waals surface area (Å²) < 4.78 is 12.7. The monoisotopic (exact) mass is 251 g/mol. The summed E-state index contributed by atoms with van der Waals surface area (Å²) in [5.74, 6) is -0.464. The first-order valence-corrected chi connectivity index (χ1v) is 4.14. The van der Waals surface area contributed by atoms with E-state index in [1.165, 1.54) is 6.07 Å². The van der Waals surface area contributed by atoms with E-state index in [-0.39, 0.29) is 24.8 Å².